The average Bonchev–Trinajstić information content (AvgIpc) is 2.38. The molecule has 0 aliphatic carbocycles. The van der Waals surface area contributed by atoms with Crippen LogP contribution in [0, 0.1) is 13.8 Å². The van der Waals surface area contributed by atoms with Gasteiger partial charge in [0.15, 0.2) is 0 Å². The van der Waals surface area contributed by atoms with E-state index in [2.05, 4.69) is 36.2 Å². The summed E-state index contributed by atoms with van der Waals surface area (Å²) < 4.78 is 0. The van der Waals surface area contributed by atoms with Crippen LogP contribution in [0.4, 0.5) is 0 Å². The van der Waals surface area contributed by atoms with E-state index in [1.54, 1.807) is 12.4 Å². The molecule has 0 atom stereocenters. The Balaban J connectivity index is 2.08. The molecule has 2 aromatic carbocycles. The highest BCUT2D eigenvalue weighted by atomic mass is 15.2. The predicted molar refractivity (Wildman–Crippen MR) is 77.5 cm³/mol. The Bertz CT molecular complexity index is 530. The normalized spacial score (nSPS) is 11.4. The standard InChI is InChI=1S/C16H16N2/c1-13-7-3-5-9-15(13)11-17-18-12-16-10-6-4-8-14(16)2/h3-12H,1-2H3/b17-11+,18-12+. The van der Waals surface area contributed by atoms with Gasteiger partial charge in [-0.05, 0) is 36.1 Å². The lowest BCUT2D eigenvalue weighted by molar-refractivity contribution is 1.26. The first-order valence-electron chi connectivity index (χ1n) is 5.95. The topological polar surface area (TPSA) is 24.7 Å². The molecule has 0 amide bonds. The second-order valence-corrected chi connectivity index (χ2v) is 4.20. The third-order valence-corrected chi connectivity index (χ3v) is 2.84. The van der Waals surface area contributed by atoms with Crippen LogP contribution in [0.25, 0.3) is 0 Å². The van der Waals surface area contributed by atoms with Gasteiger partial charge >= 0.3 is 0 Å². The zero-order chi connectivity index (χ0) is 12.8. The van der Waals surface area contributed by atoms with Crippen molar-refractivity contribution < 1.29 is 0 Å². The maximum Gasteiger partial charge on any atom is 0.0570 e. The molecule has 0 unspecified atom stereocenters. The smallest absolute Gasteiger partial charge is 0.0570 e. The zero-order valence-corrected chi connectivity index (χ0v) is 10.7. The van der Waals surface area contributed by atoms with Crippen molar-refractivity contribution in [2.75, 3.05) is 0 Å². The van der Waals surface area contributed by atoms with E-state index in [0.717, 1.165) is 11.1 Å². The molecule has 0 bridgehead atoms. The minimum atomic E-state index is 1.10. The minimum Gasteiger partial charge on any atom is -0.159 e. The molecule has 0 aliphatic heterocycles. The van der Waals surface area contributed by atoms with Gasteiger partial charge in [-0.25, -0.2) is 0 Å². The van der Waals surface area contributed by atoms with Crippen molar-refractivity contribution in [1.82, 2.24) is 0 Å². The van der Waals surface area contributed by atoms with E-state index in [1.165, 1.54) is 11.1 Å². The summed E-state index contributed by atoms with van der Waals surface area (Å²) in [7, 11) is 0. The van der Waals surface area contributed by atoms with Crippen molar-refractivity contribution in [3.63, 3.8) is 0 Å². The Morgan fingerprint density at radius 1 is 0.667 bits per heavy atom. The summed E-state index contributed by atoms with van der Waals surface area (Å²) in [6.45, 7) is 4.12. The Labute approximate surface area is 108 Å². The van der Waals surface area contributed by atoms with Crippen molar-refractivity contribution >= 4 is 12.4 Å². The van der Waals surface area contributed by atoms with Gasteiger partial charge in [0.2, 0.25) is 0 Å². The third kappa shape index (κ3) is 3.14. The molecular weight excluding hydrogens is 220 g/mol. The van der Waals surface area contributed by atoms with Crippen molar-refractivity contribution in [2.45, 2.75) is 13.8 Å². The highest BCUT2D eigenvalue weighted by molar-refractivity contribution is 5.84. The summed E-state index contributed by atoms with van der Waals surface area (Å²) >= 11 is 0. The fraction of sp³-hybridized carbons (Fsp3) is 0.125. The summed E-state index contributed by atoms with van der Waals surface area (Å²) in [6, 6.07) is 16.2. The molecule has 90 valence electrons. The van der Waals surface area contributed by atoms with Gasteiger partial charge in [-0.1, -0.05) is 48.5 Å². The van der Waals surface area contributed by atoms with Crippen LogP contribution in [-0.2, 0) is 0 Å². The number of rotatable bonds is 3. The van der Waals surface area contributed by atoms with Crippen LogP contribution in [0.2, 0.25) is 0 Å². The van der Waals surface area contributed by atoms with Crippen LogP contribution in [0.3, 0.4) is 0 Å². The number of hydrogen-bond donors (Lipinski definition) is 0. The van der Waals surface area contributed by atoms with Crippen molar-refractivity contribution in [3.8, 4) is 0 Å². The Hall–Kier alpha value is -2.22. The van der Waals surface area contributed by atoms with Crippen LogP contribution >= 0.6 is 0 Å². The fourth-order valence-corrected chi connectivity index (χ4v) is 1.65. The predicted octanol–water partition coefficient (Wildman–Crippen LogP) is 3.76. The Kier molecular flexibility index (Phi) is 4.02. The molecule has 0 aromatic heterocycles. The van der Waals surface area contributed by atoms with Gasteiger partial charge in [0, 0.05) is 0 Å². The van der Waals surface area contributed by atoms with E-state index in [4.69, 9.17) is 0 Å². The first-order valence-corrected chi connectivity index (χ1v) is 5.95. The van der Waals surface area contributed by atoms with E-state index in [0.29, 0.717) is 0 Å². The monoisotopic (exact) mass is 236 g/mol. The molecule has 0 radical (unpaired) electrons. The van der Waals surface area contributed by atoms with E-state index < -0.39 is 0 Å². The molecule has 0 saturated carbocycles. The van der Waals surface area contributed by atoms with Crippen LogP contribution in [0.5, 0.6) is 0 Å². The summed E-state index contributed by atoms with van der Waals surface area (Å²) in [6.07, 6.45) is 3.56. The van der Waals surface area contributed by atoms with Crippen molar-refractivity contribution in [2.24, 2.45) is 10.2 Å². The number of aryl methyl sites for hydroxylation is 2. The first kappa shape index (κ1) is 12.2. The molecule has 2 nitrogen and oxygen atoms in total. The molecule has 0 fully saturated rings. The number of hydrogen-bond acceptors (Lipinski definition) is 2. The molecule has 2 aromatic rings. The molecular formula is C16H16N2. The van der Waals surface area contributed by atoms with Gasteiger partial charge in [-0.3, -0.25) is 0 Å². The lowest BCUT2D eigenvalue weighted by atomic mass is 10.1. The van der Waals surface area contributed by atoms with E-state index in [-0.39, 0.29) is 0 Å². The molecule has 18 heavy (non-hydrogen) atoms. The second kappa shape index (κ2) is 5.92. The maximum absolute atomic E-state index is 4.08. The lowest BCUT2D eigenvalue weighted by Crippen LogP contribution is -1.86. The van der Waals surface area contributed by atoms with Crippen molar-refractivity contribution in [3.05, 3.63) is 70.8 Å². The van der Waals surface area contributed by atoms with Gasteiger partial charge < -0.3 is 0 Å². The lowest BCUT2D eigenvalue weighted by Gasteiger charge is -1.97. The van der Waals surface area contributed by atoms with E-state index in [1.807, 2.05) is 36.4 Å². The van der Waals surface area contributed by atoms with Crippen LogP contribution in [0.15, 0.2) is 58.7 Å². The third-order valence-electron chi connectivity index (χ3n) is 2.84. The fourth-order valence-electron chi connectivity index (χ4n) is 1.65. The quantitative estimate of drug-likeness (QED) is 0.572. The minimum absolute atomic E-state index is 1.10. The van der Waals surface area contributed by atoms with Gasteiger partial charge in [0.25, 0.3) is 0 Å². The highest BCUT2D eigenvalue weighted by Gasteiger charge is 1.92. The van der Waals surface area contributed by atoms with Crippen molar-refractivity contribution in [1.29, 1.82) is 0 Å². The molecule has 0 aliphatic rings. The summed E-state index contributed by atoms with van der Waals surface area (Å²) in [5.41, 5.74) is 4.60. The summed E-state index contributed by atoms with van der Waals surface area (Å²) in [5, 5.41) is 8.17. The maximum atomic E-state index is 4.08. The molecule has 0 saturated heterocycles. The largest absolute Gasteiger partial charge is 0.159 e. The van der Waals surface area contributed by atoms with E-state index >= 15 is 0 Å². The summed E-state index contributed by atoms with van der Waals surface area (Å²) in [4.78, 5) is 0. The average molecular weight is 236 g/mol. The zero-order valence-electron chi connectivity index (χ0n) is 10.7. The second-order valence-electron chi connectivity index (χ2n) is 4.20. The van der Waals surface area contributed by atoms with Crippen LogP contribution in [0.1, 0.15) is 22.3 Å². The summed E-state index contributed by atoms with van der Waals surface area (Å²) in [5.74, 6) is 0. The molecule has 2 rings (SSSR count). The molecule has 0 N–H and O–H groups in total. The van der Waals surface area contributed by atoms with Crippen LogP contribution < -0.4 is 0 Å². The first-order chi connectivity index (χ1) is 8.77. The SMILES string of the molecule is Cc1ccccc1/C=N/N=C/c1ccccc1C. The highest BCUT2D eigenvalue weighted by Crippen LogP contribution is 2.05. The molecule has 0 heterocycles. The van der Waals surface area contributed by atoms with Gasteiger partial charge in [0.1, 0.15) is 0 Å². The Morgan fingerprint density at radius 3 is 1.44 bits per heavy atom. The Morgan fingerprint density at radius 2 is 1.06 bits per heavy atom. The molecule has 2 heteroatoms. The van der Waals surface area contributed by atoms with Gasteiger partial charge in [-0.15, -0.1) is 0 Å². The van der Waals surface area contributed by atoms with Crippen LogP contribution in [-0.4, -0.2) is 12.4 Å². The molecule has 0 spiro atoms. The van der Waals surface area contributed by atoms with E-state index in [9.17, 15) is 0 Å². The van der Waals surface area contributed by atoms with Gasteiger partial charge in [-0.2, -0.15) is 10.2 Å². The number of benzene rings is 2. The van der Waals surface area contributed by atoms with Gasteiger partial charge in [0.05, 0.1) is 12.4 Å². The number of nitrogens with zero attached hydrogens (tertiary/aromatic N) is 2.